The second-order valence-corrected chi connectivity index (χ2v) is 7.11. The molecule has 0 aromatic carbocycles. The number of methoxy groups -OCH3 is 1. The van der Waals surface area contributed by atoms with Crippen molar-refractivity contribution < 1.29 is 23.9 Å². The lowest BCUT2D eigenvalue weighted by molar-refractivity contribution is -0.177. The second-order valence-electron chi connectivity index (χ2n) is 7.11. The van der Waals surface area contributed by atoms with Crippen LogP contribution >= 0.6 is 0 Å². The number of carbonyl (C=O) groups is 3. The van der Waals surface area contributed by atoms with Gasteiger partial charge in [-0.15, -0.1) is 0 Å². The maximum atomic E-state index is 12.6. The Labute approximate surface area is 127 Å². The second kappa shape index (κ2) is 6.69. The Balaban J connectivity index is 5.47. The van der Waals surface area contributed by atoms with Gasteiger partial charge >= 0.3 is 5.97 Å². The van der Waals surface area contributed by atoms with Crippen molar-refractivity contribution in [3.8, 4) is 0 Å². The van der Waals surface area contributed by atoms with Crippen molar-refractivity contribution in [1.82, 2.24) is 0 Å². The molecule has 0 aliphatic rings. The molecule has 122 valence electrons. The number of Topliss-reactive ketones (excluding diaryl/α,β-unsaturated/α-hetero) is 2. The largest absolute Gasteiger partial charge is 0.451 e. The van der Waals surface area contributed by atoms with E-state index < -0.39 is 22.4 Å². The lowest BCUT2D eigenvalue weighted by Crippen LogP contribution is -2.48. The van der Waals surface area contributed by atoms with Gasteiger partial charge in [0.25, 0.3) is 0 Å². The number of ether oxygens (including phenoxy) is 2. The van der Waals surface area contributed by atoms with Crippen LogP contribution in [0.2, 0.25) is 0 Å². The van der Waals surface area contributed by atoms with Crippen LogP contribution in [0.4, 0.5) is 0 Å². The van der Waals surface area contributed by atoms with Crippen molar-refractivity contribution >= 4 is 17.5 Å². The summed E-state index contributed by atoms with van der Waals surface area (Å²) in [6.07, 6.45) is 0.215. The molecule has 0 saturated carbocycles. The first kappa shape index (κ1) is 19.8. The summed E-state index contributed by atoms with van der Waals surface area (Å²) >= 11 is 0. The first-order valence-corrected chi connectivity index (χ1v) is 7.07. The minimum Gasteiger partial charge on any atom is -0.451 e. The highest BCUT2D eigenvalue weighted by atomic mass is 16.6. The fourth-order valence-electron chi connectivity index (χ4n) is 1.86. The Kier molecular flexibility index (Phi) is 6.30. The zero-order valence-corrected chi connectivity index (χ0v) is 14.5. The van der Waals surface area contributed by atoms with E-state index in [0.717, 1.165) is 0 Å². The topological polar surface area (TPSA) is 69.7 Å². The normalized spacial score (nSPS) is 15.2. The van der Waals surface area contributed by atoms with Gasteiger partial charge in [-0.2, -0.15) is 0 Å². The van der Waals surface area contributed by atoms with Crippen molar-refractivity contribution in [2.24, 2.45) is 10.8 Å². The highest BCUT2D eigenvalue weighted by molar-refractivity contribution is 6.06. The fraction of sp³-hybridized carbons (Fsp3) is 0.812. The van der Waals surface area contributed by atoms with Gasteiger partial charge < -0.3 is 9.47 Å². The summed E-state index contributed by atoms with van der Waals surface area (Å²) < 4.78 is 10.3. The van der Waals surface area contributed by atoms with Crippen LogP contribution in [-0.4, -0.2) is 36.9 Å². The Bertz CT molecular complexity index is 417. The Hall–Kier alpha value is -1.23. The predicted molar refractivity (Wildman–Crippen MR) is 79.9 cm³/mol. The lowest BCUT2D eigenvalue weighted by atomic mass is 9.71. The van der Waals surface area contributed by atoms with Gasteiger partial charge in [0.1, 0.15) is 5.41 Å². The molecule has 0 saturated heterocycles. The van der Waals surface area contributed by atoms with E-state index in [1.807, 2.05) is 0 Å². The Morgan fingerprint density at radius 3 is 1.76 bits per heavy atom. The molecule has 21 heavy (non-hydrogen) atoms. The molecule has 1 unspecified atom stereocenters. The number of hydrogen-bond donors (Lipinski definition) is 0. The molecule has 0 aromatic heterocycles. The Morgan fingerprint density at radius 1 is 0.952 bits per heavy atom. The summed E-state index contributed by atoms with van der Waals surface area (Å²) in [6.45, 7) is 11.5. The predicted octanol–water partition coefficient (Wildman–Crippen LogP) is 2.56. The van der Waals surface area contributed by atoms with Crippen LogP contribution < -0.4 is 0 Å². The lowest BCUT2D eigenvalue weighted by Gasteiger charge is -2.34. The molecule has 0 fully saturated rings. The minimum atomic E-state index is -1.33. The van der Waals surface area contributed by atoms with Crippen molar-refractivity contribution in [3.05, 3.63) is 0 Å². The molecule has 0 N–H and O–H groups in total. The average molecular weight is 300 g/mol. The Morgan fingerprint density at radius 2 is 1.43 bits per heavy atom. The standard InChI is InChI=1S/C16H28O5/c1-11(17)15(5,6)21-13(19)16(7,9-10-20-8)12(18)14(2,3)4/h9-10H2,1-8H3. The zero-order valence-electron chi connectivity index (χ0n) is 14.5. The van der Waals surface area contributed by atoms with Crippen molar-refractivity contribution in [2.75, 3.05) is 13.7 Å². The van der Waals surface area contributed by atoms with Crippen LogP contribution in [0.3, 0.4) is 0 Å². The van der Waals surface area contributed by atoms with Crippen LogP contribution in [0.1, 0.15) is 54.9 Å². The molecule has 0 bridgehead atoms. The molecule has 0 aliphatic carbocycles. The maximum absolute atomic E-state index is 12.6. The molecule has 0 rings (SSSR count). The van der Waals surface area contributed by atoms with Crippen molar-refractivity contribution in [1.29, 1.82) is 0 Å². The van der Waals surface area contributed by atoms with Gasteiger partial charge in [0.05, 0.1) is 0 Å². The molecule has 5 heteroatoms. The van der Waals surface area contributed by atoms with E-state index in [4.69, 9.17) is 9.47 Å². The third kappa shape index (κ3) is 4.92. The molecule has 0 spiro atoms. The summed E-state index contributed by atoms with van der Waals surface area (Å²) in [5, 5.41) is 0. The summed E-state index contributed by atoms with van der Waals surface area (Å²) in [4.78, 5) is 36.7. The van der Waals surface area contributed by atoms with E-state index >= 15 is 0 Å². The summed E-state index contributed by atoms with van der Waals surface area (Å²) in [6, 6.07) is 0. The highest BCUT2D eigenvalue weighted by Gasteiger charge is 2.48. The van der Waals surface area contributed by atoms with Crippen molar-refractivity contribution in [2.45, 2.75) is 60.5 Å². The van der Waals surface area contributed by atoms with E-state index in [-0.39, 0.29) is 24.6 Å². The van der Waals surface area contributed by atoms with Gasteiger partial charge in [0.2, 0.25) is 0 Å². The number of rotatable bonds is 7. The van der Waals surface area contributed by atoms with E-state index in [0.29, 0.717) is 0 Å². The summed E-state index contributed by atoms with van der Waals surface area (Å²) in [5.74, 6) is -1.18. The van der Waals surface area contributed by atoms with E-state index in [9.17, 15) is 14.4 Å². The monoisotopic (exact) mass is 300 g/mol. The number of esters is 1. The molecule has 5 nitrogen and oxygen atoms in total. The fourth-order valence-corrected chi connectivity index (χ4v) is 1.86. The zero-order chi connectivity index (χ0) is 17.1. The van der Waals surface area contributed by atoms with Crippen LogP contribution in [0.5, 0.6) is 0 Å². The molecule has 0 aliphatic heterocycles. The summed E-state index contributed by atoms with van der Waals surface area (Å²) in [7, 11) is 1.51. The van der Waals surface area contributed by atoms with Gasteiger partial charge in [-0.05, 0) is 34.1 Å². The third-order valence-electron chi connectivity index (χ3n) is 3.63. The first-order chi connectivity index (χ1) is 9.29. The van der Waals surface area contributed by atoms with Gasteiger partial charge in [0, 0.05) is 19.1 Å². The van der Waals surface area contributed by atoms with Gasteiger partial charge in [0.15, 0.2) is 17.2 Å². The van der Waals surface area contributed by atoms with Crippen LogP contribution in [0.25, 0.3) is 0 Å². The summed E-state index contributed by atoms with van der Waals surface area (Å²) in [5.41, 5.74) is -3.27. The van der Waals surface area contributed by atoms with Gasteiger partial charge in [-0.1, -0.05) is 20.8 Å². The van der Waals surface area contributed by atoms with Gasteiger partial charge in [-0.25, -0.2) is 0 Å². The van der Waals surface area contributed by atoms with E-state index in [1.165, 1.54) is 27.9 Å². The number of ketones is 2. The van der Waals surface area contributed by atoms with Gasteiger partial charge in [-0.3, -0.25) is 14.4 Å². The van der Waals surface area contributed by atoms with E-state index in [2.05, 4.69) is 0 Å². The molecule has 0 aromatic rings. The molecule has 0 amide bonds. The molecular formula is C16H28O5. The average Bonchev–Trinajstić information content (AvgIpc) is 2.32. The minimum absolute atomic E-state index is 0.215. The number of hydrogen-bond acceptors (Lipinski definition) is 5. The molecule has 1 atom stereocenters. The first-order valence-electron chi connectivity index (χ1n) is 7.07. The van der Waals surface area contributed by atoms with Crippen LogP contribution in [0, 0.1) is 10.8 Å². The molecule has 0 heterocycles. The smallest absolute Gasteiger partial charge is 0.320 e. The quantitative estimate of drug-likeness (QED) is 0.534. The third-order valence-corrected chi connectivity index (χ3v) is 3.63. The highest BCUT2D eigenvalue weighted by Crippen LogP contribution is 2.35. The SMILES string of the molecule is COCCC(C)(C(=O)OC(C)(C)C(C)=O)C(=O)C(C)(C)C. The van der Waals surface area contributed by atoms with Crippen LogP contribution in [0.15, 0.2) is 0 Å². The molecule has 0 radical (unpaired) electrons. The molecular weight excluding hydrogens is 272 g/mol. The van der Waals surface area contributed by atoms with Crippen molar-refractivity contribution in [3.63, 3.8) is 0 Å². The van der Waals surface area contributed by atoms with Crippen LogP contribution in [-0.2, 0) is 23.9 Å². The number of carbonyl (C=O) groups excluding carboxylic acids is 3. The van der Waals surface area contributed by atoms with E-state index in [1.54, 1.807) is 27.7 Å². The maximum Gasteiger partial charge on any atom is 0.320 e.